The lowest BCUT2D eigenvalue weighted by Gasteiger charge is -2.31. The zero-order valence-corrected chi connectivity index (χ0v) is 19.4. The van der Waals surface area contributed by atoms with Crippen molar-refractivity contribution in [2.24, 2.45) is 0 Å². The third kappa shape index (κ3) is 7.40. The molecule has 2 aromatic carbocycles. The van der Waals surface area contributed by atoms with Crippen LogP contribution in [0.4, 0.5) is 0 Å². The maximum absolute atomic E-state index is 12.6. The lowest BCUT2D eigenvalue weighted by Crippen LogP contribution is -3.00. The van der Waals surface area contributed by atoms with Crippen molar-refractivity contribution < 1.29 is 41.6 Å². The van der Waals surface area contributed by atoms with Gasteiger partial charge in [0.1, 0.15) is 18.9 Å². The number of likely N-dealkylation sites (N-methyl/N-ethyl adjacent to an activating group) is 2. The summed E-state index contributed by atoms with van der Waals surface area (Å²) < 4.78 is 33.1. The largest absolute Gasteiger partial charge is 1.00 e. The molecule has 0 saturated heterocycles. The van der Waals surface area contributed by atoms with Gasteiger partial charge in [-0.15, -0.1) is 0 Å². The molecule has 0 bridgehead atoms. The third-order valence-corrected chi connectivity index (χ3v) is 6.30. The van der Waals surface area contributed by atoms with Gasteiger partial charge in [-0.05, 0) is 36.8 Å². The topological polar surface area (TPSA) is 46.6 Å². The van der Waals surface area contributed by atoms with Gasteiger partial charge in [0.2, 0.25) is 10.0 Å². The Morgan fingerprint density at radius 3 is 2.30 bits per heavy atom. The average Bonchev–Trinajstić information content (AvgIpc) is 2.60. The number of nitrogens with zero attached hydrogens (tertiary/aromatic N) is 2. The van der Waals surface area contributed by atoms with Crippen molar-refractivity contribution in [3.05, 3.63) is 60.2 Å². The summed E-state index contributed by atoms with van der Waals surface area (Å²) in [7, 11) is 2.36. The van der Waals surface area contributed by atoms with Gasteiger partial charge in [-0.1, -0.05) is 30.3 Å². The van der Waals surface area contributed by atoms with Gasteiger partial charge in [0.25, 0.3) is 0 Å². The Morgan fingerprint density at radius 1 is 1.00 bits per heavy atom. The van der Waals surface area contributed by atoms with Crippen molar-refractivity contribution in [1.29, 1.82) is 0 Å². The predicted octanol–water partition coefficient (Wildman–Crippen LogP) is -0.225. The fraction of sp³-hybridized carbons (Fsp3) is 0.400. The Labute approximate surface area is 180 Å². The molecule has 150 valence electrons. The molecule has 27 heavy (non-hydrogen) atoms. The van der Waals surface area contributed by atoms with Crippen molar-refractivity contribution in [2.45, 2.75) is 11.8 Å². The average molecular weight is 504 g/mol. The molecule has 0 N–H and O–H groups in total. The van der Waals surface area contributed by atoms with Gasteiger partial charge in [-0.25, -0.2) is 8.42 Å². The second kappa shape index (κ2) is 10.4. The van der Waals surface area contributed by atoms with Gasteiger partial charge in [-0.2, -0.15) is 4.31 Å². The summed E-state index contributed by atoms with van der Waals surface area (Å²) in [5.74, 6) is 0.869. The highest BCUT2D eigenvalue weighted by molar-refractivity contribution is 7.89. The number of rotatable bonds is 9. The first-order valence-electron chi connectivity index (χ1n) is 8.74. The van der Waals surface area contributed by atoms with E-state index in [1.165, 1.54) is 9.87 Å². The zero-order valence-electron chi connectivity index (χ0n) is 16.4. The van der Waals surface area contributed by atoms with E-state index in [0.29, 0.717) is 29.1 Å². The van der Waals surface area contributed by atoms with Crippen molar-refractivity contribution in [2.75, 3.05) is 47.4 Å². The van der Waals surface area contributed by atoms with Crippen LogP contribution in [0.2, 0.25) is 0 Å². The van der Waals surface area contributed by atoms with E-state index in [9.17, 15) is 8.42 Å². The molecule has 0 atom stereocenters. The minimum absolute atomic E-state index is 0. The predicted molar refractivity (Wildman–Crippen MR) is 105 cm³/mol. The SMILES string of the molecule is Cc1cccc(OCC[N+](C)(C)CCN(C)S(=O)(=O)c2ccccc2)c1.[I-]. The summed E-state index contributed by atoms with van der Waals surface area (Å²) in [5.41, 5.74) is 1.17. The van der Waals surface area contributed by atoms with Crippen molar-refractivity contribution in [1.82, 2.24) is 4.31 Å². The minimum Gasteiger partial charge on any atom is -1.00 e. The summed E-state index contributed by atoms with van der Waals surface area (Å²) in [4.78, 5) is 0.329. The van der Waals surface area contributed by atoms with E-state index in [-0.39, 0.29) is 24.0 Å². The summed E-state index contributed by atoms with van der Waals surface area (Å²) in [6.45, 7) is 4.59. The van der Waals surface area contributed by atoms with Crippen LogP contribution in [-0.4, -0.2) is 64.6 Å². The number of sulfonamides is 1. The Bertz CT molecular complexity index is 811. The molecule has 2 aromatic rings. The number of hydrogen-bond acceptors (Lipinski definition) is 3. The first-order chi connectivity index (χ1) is 12.2. The fourth-order valence-corrected chi connectivity index (χ4v) is 3.71. The maximum Gasteiger partial charge on any atom is 0.243 e. The molecule has 0 aromatic heterocycles. The monoisotopic (exact) mass is 504 g/mol. The van der Waals surface area contributed by atoms with Gasteiger partial charge in [-0.3, -0.25) is 0 Å². The van der Waals surface area contributed by atoms with E-state index in [1.807, 2.05) is 37.3 Å². The molecule has 0 saturated carbocycles. The van der Waals surface area contributed by atoms with Gasteiger partial charge in [0, 0.05) is 7.05 Å². The molecule has 0 fully saturated rings. The van der Waals surface area contributed by atoms with Crippen LogP contribution in [0.3, 0.4) is 0 Å². The van der Waals surface area contributed by atoms with E-state index in [1.54, 1.807) is 31.3 Å². The molecule has 5 nitrogen and oxygen atoms in total. The quantitative estimate of drug-likeness (QED) is 0.351. The van der Waals surface area contributed by atoms with Gasteiger partial charge < -0.3 is 33.2 Å². The van der Waals surface area contributed by atoms with Crippen LogP contribution < -0.4 is 28.7 Å². The van der Waals surface area contributed by atoms with Crippen LogP contribution >= 0.6 is 0 Å². The van der Waals surface area contributed by atoms with E-state index < -0.39 is 10.0 Å². The van der Waals surface area contributed by atoms with Crippen LogP contribution in [-0.2, 0) is 10.0 Å². The van der Waals surface area contributed by atoms with Crippen LogP contribution in [0.5, 0.6) is 5.75 Å². The molecule has 0 amide bonds. The molecule has 0 spiro atoms. The highest BCUT2D eigenvalue weighted by atomic mass is 127. The molecule has 0 aliphatic carbocycles. The molecule has 2 rings (SSSR count). The third-order valence-electron chi connectivity index (χ3n) is 4.43. The van der Waals surface area contributed by atoms with E-state index in [2.05, 4.69) is 14.1 Å². The lowest BCUT2D eigenvalue weighted by atomic mass is 10.2. The summed E-state index contributed by atoms with van der Waals surface area (Å²) >= 11 is 0. The summed E-state index contributed by atoms with van der Waals surface area (Å²) in [6.07, 6.45) is 0. The maximum atomic E-state index is 12.6. The summed E-state index contributed by atoms with van der Waals surface area (Å²) in [6, 6.07) is 16.5. The molecule has 0 unspecified atom stereocenters. The van der Waals surface area contributed by atoms with Crippen LogP contribution in [0.1, 0.15) is 5.56 Å². The zero-order chi connectivity index (χ0) is 19.2. The second-order valence-corrected chi connectivity index (χ2v) is 9.23. The van der Waals surface area contributed by atoms with Crippen LogP contribution in [0.25, 0.3) is 0 Å². The normalized spacial score (nSPS) is 11.9. The second-order valence-electron chi connectivity index (χ2n) is 7.19. The number of aryl methyl sites for hydroxylation is 1. The van der Waals surface area contributed by atoms with Crippen molar-refractivity contribution >= 4 is 10.0 Å². The number of quaternary nitrogens is 1. The molecule has 7 heteroatoms. The van der Waals surface area contributed by atoms with Crippen molar-refractivity contribution in [3.8, 4) is 5.75 Å². The minimum atomic E-state index is -3.44. The molecule has 0 aliphatic rings. The van der Waals surface area contributed by atoms with E-state index in [4.69, 9.17) is 4.74 Å². The van der Waals surface area contributed by atoms with Crippen molar-refractivity contribution in [3.63, 3.8) is 0 Å². The standard InChI is InChI=1S/C20H29N2O3S.HI/c1-18-9-8-10-19(17-18)25-16-15-22(3,4)14-13-21(2)26(23,24)20-11-6-5-7-12-20;/h5-12,17H,13-16H2,1-4H3;1H/q+1;/p-1. The Balaban J connectivity index is 0.00000364. The molecular formula is C20H29IN2O3S. The smallest absolute Gasteiger partial charge is 0.243 e. The molecule has 0 heterocycles. The Kier molecular flexibility index (Phi) is 9.20. The van der Waals surface area contributed by atoms with Crippen LogP contribution in [0, 0.1) is 6.92 Å². The number of ether oxygens (including phenoxy) is 1. The molecule has 0 aliphatic heterocycles. The summed E-state index contributed by atoms with van der Waals surface area (Å²) in [5, 5.41) is 0. The Hall–Kier alpha value is -1.16. The highest BCUT2D eigenvalue weighted by Crippen LogP contribution is 2.14. The Morgan fingerprint density at radius 2 is 1.67 bits per heavy atom. The van der Waals surface area contributed by atoms with E-state index >= 15 is 0 Å². The van der Waals surface area contributed by atoms with Gasteiger partial charge in [0.15, 0.2) is 0 Å². The first kappa shape index (κ1) is 23.9. The molecular weight excluding hydrogens is 475 g/mol. The fourth-order valence-electron chi connectivity index (χ4n) is 2.53. The van der Waals surface area contributed by atoms with Gasteiger partial charge >= 0.3 is 0 Å². The van der Waals surface area contributed by atoms with Gasteiger partial charge in [0.05, 0.1) is 32.1 Å². The first-order valence-corrected chi connectivity index (χ1v) is 10.2. The number of hydrogen-bond donors (Lipinski definition) is 0. The number of benzene rings is 2. The number of halogens is 1. The van der Waals surface area contributed by atoms with E-state index in [0.717, 1.165) is 12.3 Å². The van der Waals surface area contributed by atoms with Crippen LogP contribution in [0.15, 0.2) is 59.5 Å². The molecule has 0 radical (unpaired) electrons. The lowest BCUT2D eigenvalue weighted by molar-refractivity contribution is -0.889. The highest BCUT2D eigenvalue weighted by Gasteiger charge is 2.23.